The molecule has 2 aliphatic rings. The van der Waals surface area contributed by atoms with E-state index in [1.54, 1.807) is 35.5 Å². The van der Waals surface area contributed by atoms with Crippen molar-refractivity contribution < 1.29 is 42.5 Å². The molecular weight excluding hydrogens is 594 g/mol. The van der Waals surface area contributed by atoms with Gasteiger partial charge in [0.2, 0.25) is 11.8 Å². The van der Waals surface area contributed by atoms with E-state index in [1.807, 2.05) is 12.1 Å². The summed E-state index contributed by atoms with van der Waals surface area (Å²) < 4.78 is 37.7. The zero-order chi connectivity index (χ0) is 32.3. The summed E-state index contributed by atoms with van der Waals surface area (Å²) >= 11 is 0. The second-order valence-corrected chi connectivity index (χ2v) is 10.4. The number of nitrogens with zero attached hydrogens (tertiary/aromatic N) is 4. The second-order valence-electron chi connectivity index (χ2n) is 10.4. The van der Waals surface area contributed by atoms with Gasteiger partial charge < -0.3 is 29.7 Å². The van der Waals surface area contributed by atoms with E-state index in [4.69, 9.17) is 19.4 Å². The number of hydrogen-bond donors (Lipinski definition) is 3. The molecule has 0 aliphatic carbocycles. The summed E-state index contributed by atoms with van der Waals surface area (Å²) in [6.45, 7) is 1.32. The minimum Gasteiger partial charge on any atom is -0.493 e. The van der Waals surface area contributed by atoms with Crippen LogP contribution < -0.4 is 14.8 Å². The fourth-order valence-electron chi connectivity index (χ4n) is 5.36. The lowest BCUT2D eigenvalue weighted by Crippen LogP contribution is -2.40. The van der Waals surface area contributed by atoms with Gasteiger partial charge in [0, 0.05) is 44.5 Å². The van der Waals surface area contributed by atoms with E-state index in [1.165, 1.54) is 12.0 Å². The van der Waals surface area contributed by atoms with Gasteiger partial charge in [-0.1, -0.05) is 12.1 Å². The van der Waals surface area contributed by atoms with Gasteiger partial charge in [-0.3, -0.25) is 29.3 Å². The van der Waals surface area contributed by atoms with E-state index < -0.39 is 23.9 Å². The number of amides is 3. The van der Waals surface area contributed by atoms with Crippen LogP contribution in [0.4, 0.5) is 8.78 Å². The molecule has 3 aromatic rings. The van der Waals surface area contributed by atoms with E-state index in [2.05, 4.69) is 20.5 Å². The summed E-state index contributed by atoms with van der Waals surface area (Å²) in [5, 5.41) is 15.8. The Hall–Kier alpha value is -5.08. The normalized spacial score (nSPS) is 18.4. The predicted molar refractivity (Wildman–Crippen MR) is 155 cm³/mol. The molecule has 5 rings (SSSR count). The van der Waals surface area contributed by atoms with Crippen molar-refractivity contribution in [3.8, 4) is 11.5 Å². The number of carbonyl (C=O) groups is 4. The number of aromatic amines is 1. The number of hydrogen-bond acceptors (Lipinski definition) is 8. The number of rotatable bonds is 5. The highest BCUT2D eigenvalue weighted by Gasteiger charge is 2.41. The van der Waals surface area contributed by atoms with Crippen LogP contribution in [-0.2, 0) is 20.8 Å². The lowest BCUT2D eigenvalue weighted by atomic mass is 9.88. The molecule has 1 fully saturated rings. The van der Waals surface area contributed by atoms with Crippen LogP contribution in [0, 0.1) is 5.92 Å². The largest absolute Gasteiger partial charge is 0.493 e. The smallest absolute Gasteiger partial charge is 0.290 e. The fourth-order valence-corrected chi connectivity index (χ4v) is 5.36. The third-order valence-corrected chi connectivity index (χ3v) is 7.57. The monoisotopic (exact) mass is 628 g/mol. The highest BCUT2D eigenvalue weighted by molar-refractivity contribution is 5.93. The Balaban J connectivity index is 0.00000148. The fraction of sp³-hybridized carbons (Fsp3) is 0.400. The van der Waals surface area contributed by atoms with Crippen LogP contribution >= 0.6 is 0 Å². The molecular formula is C30H34F2N6O7. The van der Waals surface area contributed by atoms with Crippen molar-refractivity contribution in [2.45, 2.75) is 25.2 Å². The first-order valence-corrected chi connectivity index (χ1v) is 14.2. The van der Waals surface area contributed by atoms with Crippen LogP contribution in [0.1, 0.15) is 46.1 Å². The Morgan fingerprint density at radius 3 is 2.64 bits per heavy atom. The third kappa shape index (κ3) is 8.31. The Bertz CT molecular complexity index is 1470. The van der Waals surface area contributed by atoms with Crippen molar-refractivity contribution in [2.75, 3.05) is 46.4 Å². The maximum Gasteiger partial charge on any atom is 0.290 e. The summed E-state index contributed by atoms with van der Waals surface area (Å²) in [7, 11) is 1.52. The van der Waals surface area contributed by atoms with Gasteiger partial charge in [-0.25, -0.2) is 8.78 Å². The van der Waals surface area contributed by atoms with Crippen LogP contribution in [-0.4, -0.2) is 101 Å². The number of likely N-dealkylation sites (tertiary alicyclic amines) is 1. The highest BCUT2D eigenvalue weighted by Crippen LogP contribution is 2.38. The first-order chi connectivity index (χ1) is 21.7. The molecule has 240 valence electrons. The molecule has 45 heavy (non-hydrogen) atoms. The Morgan fingerprint density at radius 2 is 1.96 bits per heavy atom. The molecule has 2 atom stereocenters. The van der Waals surface area contributed by atoms with Crippen molar-refractivity contribution in [3.05, 3.63) is 71.3 Å². The van der Waals surface area contributed by atoms with Crippen LogP contribution in [0.15, 0.2) is 48.8 Å². The third-order valence-electron chi connectivity index (χ3n) is 7.57. The SMILES string of the molecule is COc1ccc2cc1OCCN(C(=O)Cc1cccnc1)CCCNC(=O)[C@H]1CN(C(=O)c3cc(C(F)F)[nH]n3)C[C@H]21.O=CO. The van der Waals surface area contributed by atoms with E-state index in [-0.39, 0.29) is 56.0 Å². The number of H-pyrrole nitrogens is 1. The van der Waals surface area contributed by atoms with E-state index >= 15 is 0 Å². The molecule has 0 unspecified atom stereocenters. The predicted octanol–water partition coefficient (Wildman–Crippen LogP) is 2.28. The highest BCUT2D eigenvalue weighted by atomic mass is 19.3. The lowest BCUT2D eigenvalue weighted by molar-refractivity contribution is -0.131. The Labute approximate surface area is 257 Å². The first-order valence-electron chi connectivity index (χ1n) is 14.2. The number of carbonyl (C=O) groups excluding carboxylic acids is 3. The number of methoxy groups -OCH3 is 1. The molecule has 1 aromatic carbocycles. The van der Waals surface area contributed by atoms with Gasteiger partial charge in [-0.2, -0.15) is 5.10 Å². The van der Waals surface area contributed by atoms with E-state index in [0.717, 1.165) is 17.2 Å². The molecule has 3 amide bonds. The topological polar surface area (TPSA) is 167 Å². The molecule has 15 heteroatoms. The molecule has 0 saturated carbocycles. The van der Waals surface area contributed by atoms with Crippen LogP contribution in [0.25, 0.3) is 0 Å². The summed E-state index contributed by atoms with van der Waals surface area (Å²) in [6, 6.07) is 10.0. The minimum absolute atomic E-state index is 0.0795. The number of aromatic nitrogens is 3. The van der Waals surface area contributed by atoms with Crippen LogP contribution in [0.2, 0.25) is 0 Å². The van der Waals surface area contributed by atoms with Gasteiger partial charge in [-0.15, -0.1) is 0 Å². The van der Waals surface area contributed by atoms with Gasteiger partial charge in [-0.05, 0) is 41.8 Å². The number of pyridine rings is 1. The van der Waals surface area contributed by atoms with E-state index in [0.29, 0.717) is 37.6 Å². The molecule has 0 radical (unpaired) electrons. The number of halogens is 2. The maximum atomic E-state index is 13.4. The number of benzene rings is 1. The van der Waals surface area contributed by atoms with Crippen molar-refractivity contribution in [1.82, 2.24) is 30.3 Å². The first kappa shape index (κ1) is 32.8. The Kier molecular flexibility index (Phi) is 11.4. The molecule has 2 bridgehead atoms. The number of ether oxygens (including phenoxy) is 2. The van der Waals surface area contributed by atoms with Crippen LogP contribution in [0.3, 0.4) is 0 Å². The Morgan fingerprint density at radius 1 is 1.18 bits per heavy atom. The minimum atomic E-state index is -2.79. The molecule has 1 saturated heterocycles. The molecule has 4 heterocycles. The zero-order valence-electron chi connectivity index (χ0n) is 24.5. The lowest BCUT2D eigenvalue weighted by Gasteiger charge is -2.25. The zero-order valence-corrected chi connectivity index (χ0v) is 24.5. The average molecular weight is 629 g/mol. The second kappa shape index (κ2) is 15.6. The van der Waals surface area contributed by atoms with Crippen molar-refractivity contribution >= 4 is 24.2 Å². The number of nitrogens with one attached hydrogen (secondary N) is 2. The molecule has 3 N–H and O–H groups in total. The van der Waals surface area contributed by atoms with Gasteiger partial charge in [0.15, 0.2) is 17.2 Å². The van der Waals surface area contributed by atoms with Gasteiger partial charge in [0.05, 0.1) is 26.0 Å². The molecule has 13 nitrogen and oxygen atoms in total. The van der Waals surface area contributed by atoms with Crippen LogP contribution in [0.5, 0.6) is 11.5 Å². The van der Waals surface area contributed by atoms with E-state index in [9.17, 15) is 23.2 Å². The van der Waals surface area contributed by atoms with Gasteiger partial charge >= 0.3 is 0 Å². The summed E-state index contributed by atoms with van der Waals surface area (Å²) in [4.78, 5) is 55.3. The van der Waals surface area contributed by atoms with Gasteiger partial charge in [0.1, 0.15) is 12.3 Å². The quantitative estimate of drug-likeness (QED) is 0.359. The van der Waals surface area contributed by atoms with Crippen molar-refractivity contribution in [2.24, 2.45) is 5.92 Å². The molecule has 2 aromatic heterocycles. The van der Waals surface area contributed by atoms with Gasteiger partial charge in [0.25, 0.3) is 18.8 Å². The van der Waals surface area contributed by atoms with Crippen molar-refractivity contribution in [1.29, 1.82) is 0 Å². The summed E-state index contributed by atoms with van der Waals surface area (Å²) in [5.74, 6) is -0.903. The number of fused-ring (bicyclic) bond motifs is 4. The molecule has 0 spiro atoms. The number of carboxylic acid groups (broad SMARTS) is 1. The number of alkyl halides is 2. The maximum absolute atomic E-state index is 13.4. The van der Waals surface area contributed by atoms with Crippen molar-refractivity contribution in [3.63, 3.8) is 0 Å². The summed E-state index contributed by atoms with van der Waals surface area (Å²) in [6.07, 6.45) is 1.24. The molecule has 2 aliphatic heterocycles. The standard InChI is InChI=1S/C29H32F2N6O5.CH2O2/c1-41-24-6-5-19-13-25(24)42-11-10-36(26(38)12-18-4-2-7-32-15-18)9-3-8-33-28(39)21-17-37(16-20(19)21)29(40)23-14-22(27(30)31)34-35-23;2-1-3/h2,4-7,13-15,20-21,27H,3,8-12,16-17H2,1H3,(H,33,39)(H,34,35);1H,(H,2,3)/t20-,21+;/m1./s1. The summed E-state index contributed by atoms with van der Waals surface area (Å²) in [5.41, 5.74) is 0.986. The average Bonchev–Trinajstić information content (AvgIpc) is 3.71.